The normalized spacial score (nSPS) is 11.2. The summed E-state index contributed by atoms with van der Waals surface area (Å²) in [6.07, 6.45) is 5.06. The molecule has 0 N–H and O–H groups in total. The first-order valence-electron chi connectivity index (χ1n) is 4.45. The Kier molecular flexibility index (Phi) is 3.62. The van der Waals surface area contributed by atoms with Crippen LogP contribution in [0.25, 0.3) is 0 Å². The molecule has 0 saturated carbocycles. The van der Waals surface area contributed by atoms with Gasteiger partial charge in [0.05, 0.1) is 4.92 Å². The number of nitro benzene ring substituents is 1. The minimum absolute atomic E-state index is 0.0565. The van der Waals surface area contributed by atoms with Crippen LogP contribution in [0.4, 0.5) is 5.69 Å². The Morgan fingerprint density at radius 1 is 1.62 bits per heavy atom. The van der Waals surface area contributed by atoms with Crippen LogP contribution < -0.4 is 4.74 Å². The average molecular weight is 219 g/mol. The lowest BCUT2D eigenvalue weighted by molar-refractivity contribution is -0.386. The zero-order chi connectivity index (χ0) is 12.1. The largest absolute Gasteiger partial charge is 0.471 e. The number of nitrogens with zero attached hydrogens (tertiary/aromatic N) is 1. The van der Waals surface area contributed by atoms with E-state index < -0.39 is 11.0 Å². The first-order chi connectivity index (χ1) is 7.58. The second kappa shape index (κ2) is 4.94. The highest BCUT2D eigenvalue weighted by molar-refractivity contribution is 5.77. The van der Waals surface area contributed by atoms with Crippen molar-refractivity contribution in [2.75, 3.05) is 0 Å². The molecule has 16 heavy (non-hydrogen) atoms. The van der Waals surface area contributed by atoms with Crippen LogP contribution in [-0.2, 0) is 0 Å². The van der Waals surface area contributed by atoms with Crippen molar-refractivity contribution in [2.24, 2.45) is 0 Å². The molecule has 0 fully saturated rings. The molecule has 0 aliphatic rings. The molecule has 1 rings (SSSR count). The van der Waals surface area contributed by atoms with E-state index in [0.29, 0.717) is 6.29 Å². The monoisotopic (exact) mass is 219 g/mol. The Morgan fingerprint density at radius 3 is 2.81 bits per heavy atom. The van der Waals surface area contributed by atoms with Gasteiger partial charge in [-0.3, -0.25) is 14.9 Å². The van der Waals surface area contributed by atoms with E-state index in [1.807, 2.05) is 0 Å². The van der Waals surface area contributed by atoms with Gasteiger partial charge in [0.2, 0.25) is 0 Å². The van der Waals surface area contributed by atoms with Crippen molar-refractivity contribution in [2.45, 2.75) is 13.0 Å². The first-order valence-corrected chi connectivity index (χ1v) is 4.45. The second-order valence-corrected chi connectivity index (χ2v) is 3.03. The molecule has 82 valence electrons. The fraction of sp³-hybridized carbons (Fsp3) is 0.182. The predicted octanol–water partition coefficient (Wildman–Crippen LogP) is 1.81. The Balaban J connectivity index is 3.14. The van der Waals surface area contributed by atoms with Crippen LogP contribution >= 0.6 is 0 Å². The van der Waals surface area contributed by atoms with Crippen molar-refractivity contribution >= 4 is 12.0 Å². The smallest absolute Gasteiger partial charge is 0.311 e. The summed E-state index contributed by atoms with van der Waals surface area (Å²) in [4.78, 5) is 20.6. The predicted molar refractivity (Wildman–Crippen MR) is 57.4 cm³/mol. The van der Waals surface area contributed by atoms with Crippen molar-refractivity contribution in [1.82, 2.24) is 0 Å². The lowest BCUT2D eigenvalue weighted by atomic mass is 10.2. The van der Waals surface area contributed by atoms with E-state index in [1.165, 1.54) is 12.1 Å². The van der Waals surface area contributed by atoms with Gasteiger partial charge in [-0.1, -0.05) is 5.92 Å². The highest BCUT2D eigenvalue weighted by atomic mass is 16.6. The van der Waals surface area contributed by atoms with Crippen molar-refractivity contribution < 1.29 is 14.5 Å². The Bertz CT molecular complexity index is 462. The van der Waals surface area contributed by atoms with Crippen LogP contribution in [0.2, 0.25) is 0 Å². The molecule has 0 bridgehead atoms. The van der Waals surface area contributed by atoms with E-state index >= 15 is 0 Å². The van der Waals surface area contributed by atoms with Crippen molar-refractivity contribution in [3.05, 3.63) is 33.9 Å². The number of benzene rings is 1. The van der Waals surface area contributed by atoms with Crippen molar-refractivity contribution in [3.63, 3.8) is 0 Å². The van der Waals surface area contributed by atoms with Gasteiger partial charge < -0.3 is 4.74 Å². The Morgan fingerprint density at radius 2 is 2.31 bits per heavy atom. The zero-order valence-corrected chi connectivity index (χ0v) is 8.54. The maximum atomic E-state index is 10.7. The number of hydrogen-bond donors (Lipinski definition) is 0. The number of nitro groups is 1. The summed E-state index contributed by atoms with van der Waals surface area (Å²) in [6.45, 7) is 1.59. The molecule has 1 aromatic carbocycles. The topological polar surface area (TPSA) is 69.4 Å². The fourth-order valence-electron chi connectivity index (χ4n) is 1.07. The van der Waals surface area contributed by atoms with Crippen LogP contribution in [-0.4, -0.2) is 17.3 Å². The molecular formula is C11H9NO4. The second-order valence-electron chi connectivity index (χ2n) is 3.03. The number of hydrogen-bond acceptors (Lipinski definition) is 4. The van der Waals surface area contributed by atoms with Crippen LogP contribution in [0.15, 0.2) is 18.2 Å². The van der Waals surface area contributed by atoms with Gasteiger partial charge in [0.1, 0.15) is 6.29 Å². The molecule has 0 spiro atoms. The standard InChI is InChI=1S/C11H9NO4/c1-3-8(2)16-11-5-4-9(7-13)6-10(11)12(14)15/h1,4-8H,2H3. The number of ether oxygens (including phenoxy) is 1. The molecule has 0 aliphatic carbocycles. The number of carbonyl (C=O) groups excluding carboxylic acids is 1. The summed E-state index contributed by atoms with van der Waals surface area (Å²) in [5.74, 6) is 2.35. The lowest BCUT2D eigenvalue weighted by Gasteiger charge is -2.09. The summed E-state index contributed by atoms with van der Waals surface area (Å²) in [7, 11) is 0. The summed E-state index contributed by atoms with van der Waals surface area (Å²) in [5, 5.41) is 10.7. The minimum Gasteiger partial charge on any atom is -0.471 e. The van der Waals surface area contributed by atoms with Gasteiger partial charge >= 0.3 is 5.69 Å². The molecule has 0 heterocycles. The van der Waals surface area contributed by atoms with Crippen LogP contribution in [0.5, 0.6) is 5.75 Å². The highest BCUT2D eigenvalue weighted by Crippen LogP contribution is 2.28. The third-order valence-corrected chi connectivity index (χ3v) is 1.85. The molecule has 1 unspecified atom stereocenters. The maximum Gasteiger partial charge on any atom is 0.311 e. The molecule has 0 amide bonds. The van der Waals surface area contributed by atoms with E-state index in [-0.39, 0.29) is 17.0 Å². The van der Waals surface area contributed by atoms with Crippen molar-refractivity contribution in [3.8, 4) is 18.1 Å². The van der Waals surface area contributed by atoms with Gasteiger partial charge in [0, 0.05) is 11.6 Å². The van der Waals surface area contributed by atoms with Gasteiger partial charge in [-0.25, -0.2) is 0 Å². The number of aldehydes is 1. The summed E-state index contributed by atoms with van der Waals surface area (Å²) in [5.41, 5.74) is -0.0564. The SMILES string of the molecule is C#CC(C)Oc1ccc(C=O)cc1[N+](=O)[O-]. The van der Waals surface area contributed by atoms with Crippen LogP contribution in [0.1, 0.15) is 17.3 Å². The van der Waals surface area contributed by atoms with Crippen LogP contribution in [0.3, 0.4) is 0 Å². The van der Waals surface area contributed by atoms with Crippen molar-refractivity contribution in [1.29, 1.82) is 0 Å². The van der Waals surface area contributed by atoms with Gasteiger partial charge in [-0.05, 0) is 19.1 Å². The summed E-state index contributed by atoms with van der Waals surface area (Å²) in [6, 6.07) is 3.93. The molecule has 0 radical (unpaired) electrons. The zero-order valence-electron chi connectivity index (χ0n) is 8.54. The Labute approximate surface area is 92.2 Å². The van der Waals surface area contributed by atoms with E-state index in [1.54, 1.807) is 6.92 Å². The summed E-state index contributed by atoms with van der Waals surface area (Å²) >= 11 is 0. The molecular weight excluding hydrogens is 210 g/mol. The third-order valence-electron chi connectivity index (χ3n) is 1.85. The number of carbonyl (C=O) groups is 1. The molecule has 0 aromatic heterocycles. The van der Waals surface area contributed by atoms with Crippen LogP contribution in [0, 0.1) is 22.5 Å². The minimum atomic E-state index is -0.619. The fourth-order valence-corrected chi connectivity index (χ4v) is 1.07. The molecule has 0 aliphatic heterocycles. The first kappa shape index (κ1) is 11.7. The molecule has 1 atom stereocenters. The van der Waals surface area contributed by atoms with Gasteiger partial charge in [0.25, 0.3) is 0 Å². The lowest BCUT2D eigenvalue weighted by Crippen LogP contribution is -2.09. The highest BCUT2D eigenvalue weighted by Gasteiger charge is 2.17. The number of rotatable bonds is 4. The van der Waals surface area contributed by atoms with Gasteiger partial charge in [0.15, 0.2) is 11.9 Å². The van der Waals surface area contributed by atoms with E-state index in [2.05, 4.69) is 5.92 Å². The average Bonchev–Trinajstić information content (AvgIpc) is 2.29. The van der Waals surface area contributed by atoms with Gasteiger partial charge in [-0.15, -0.1) is 6.42 Å². The van der Waals surface area contributed by atoms with Gasteiger partial charge in [-0.2, -0.15) is 0 Å². The summed E-state index contributed by atoms with van der Waals surface area (Å²) < 4.78 is 5.16. The van der Waals surface area contributed by atoms with E-state index in [9.17, 15) is 14.9 Å². The Hall–Kier alpha value is -2.35. The third kappa shape index (κ3) is 2.58. The molecule has 1 aromatic rings. The molecule has 0 saturated heterocycles. The van der Waals surface area contributed by atoms with E-state index in [4.69, 9.17) is 11.2 Å². The maximum absolute atomic E-state index is 10.7. The molecule has 5 heteroatoms. The van der Waals surface area contributed by atoms with E-state index in [0.717, 1.165) is 6.07 Å². The number of terminal acetylenes is 1. The molecule has 5 nitrogen and oxygen atoms in total. The quantitative estimate of drug-likeness (QED) is 0.335.